The van der Waals surface area contributed by atoms with Crippen LogP contribution in [0.2, 0.25) is 0 Å². The first-order valence-electron chi connectivity index (χ1n) is 3.61. The van der Waals surface area contributed by atoms with Gasteiger partial charge in [-0.05, 0) is 0 Å². The van der Waals surface area contributed by atoms with E-state index in [-0.39, 0.29) is 6.07 Å². The molecule has 0 bridgehead atoms. The van der Waals surface area contributed by atoms with Crippen molar-refractivity contribution in [1.29, 1.82) is 0 Å². The molecule has 0 spiro atoms. The van der Waals surface area contributed by atoms with Gasteiger partial charge in [-0.25, -0.2) is 0 Å². The number of nitrogens with zero attached hydrogens (tertiary/aromatic N) is 2. The molecule has 0 aliphatic rings. The van der Waals surface area contributed by atoms with E-state index >= 15 is 0 Å². The lowest BCUT2D eigenvalue weighted by molar-refractivity contribution is -0.278. The average molecular weight is 266 g/mol. The van der Waals surface area contributed by atoms with E-state index in [1.54, 1.807) is 0 Å². The first-order chi connectivity index (χ1) is 7.55. The number of alkyl halides is 6. The highest BCUT2D eigenvalue weighted by atomic mass is 19.4. The molecule has 1 aromatic heterocycles. The lowest BCUT2D eigenvalue weighted by atomic mass is 10.6. The van der Waals surface area contributed by atoms with Crippen LogP contribution in [0.5, 0.6) is 11.8 Å². The molecule has 0 fully saturated rings. The Hall–Kier alpha value is -1.81. The van der Waals surface area contributed by atoms with Crippen molar-refractivity contribution in [2.24, 2.45) is 0 Å². The van der Waals surface area contributed by atoms with E-state index in [1.165, 1.54) is 0 Å². The molecule has 0 unspecified atom stereocenters. The monoisotopic (exact) mass is 266 g/mol. The van der Waals surface area contributed by atoms with Gasteiger partial charge in [0, 0.05) is 0 Å². The number of hydrogen-bond donors (Lipinski definition) is 0. The summed E-state index contributed by atoms with van der Waals surface area (Å²) in [5, 5.41) is 0. The first kappa shape index (κ1) is 13.3. The minimum Gasteiger partial charge on any atom is -0.388 e. The predicted octanol–water partition coefficient (Wildman–Crippen LogP) is 2.41. The van der Waals surface area contributed by atoms with Gasteiger partial charge < -0.3 is 9.47 Å². The third-order valence-corrected chi connectivity index (χ3v) is 1.09. The van der Waals surface area contributed by atoms with Crippen LogP contribution in [0, 0.1) is 6.08 Å². The highest BCUT2D eigenvalue weighted by Gasteiger charge is 2.35. The second-order valence-electron chi connectivity index (χ2n) is 2.41. The van der Waals surface area contributed by atoms with Crippen molar-refractivity contribution >= 4 is 0 Å². The quantitative estimate of drug-likeness (QED) is 0.609. The molecular weight excluding hydrogens is 265 g/mol. The number of rotatable bonds is 2. The first-order valence-corrected chi connectivity index (χ1v) is 3.61. The summed E-state index contributed by atoms with van der Waals surface area (Å²) in [7, 11) is 0. The molecule has 1 rings (SSSR count). The molecule has 0 aliphatic heterocycles. The van der Waals surface area contributed by atoms with Crippen LogP contribution < -0.4 is 9.47 Å². The highest BCUT2D eigenvalue weighted by molar-refractivity contribution is 5.18. The molecule has 96 valence electrons. The molecular formula is C6HF7N2O2. The maximum atomic E-state index is 12.5. The van der Waals surface area contributed by atoms with Crippen molar-refractivity contribution in [3.8, 4) is 11.8 Å². The molecule has 0 saturated heterocycles. The molecule has 1 heterocycles. The fourth-order valence-electron chi connectivity index (χ4n) is 0.719. The van der Waals surface area contributed by atoms with Gasteiger partial charge in [-0.1, -0.05) is 0 Å². The van der Waals surface area contributed by atoms with Crippen LogP contribution in [0.15, 0.2) is 6.07 Å². The molecule has 17 heavy (non-hydrogen) atoms. The Balaban J connectivity index is 2.95. The molecule has 1 aromatic rings. The second kappa shape index (κ2) is 4.22. The molecule has 11 heteroatoms. The van der Waals surface area contributed by atoms with Crippen molar-refractivity contribution in [2.45, 2.75) is 12.7 Å². The van der Waals surface area contributed by atoms with Gasteiger partial charge in [0.1, 0.15) is 0 Å². The van der Waals surface area contributed by atoms with Crippen LogP contribution >= 0.6 is 0 Å². The van der Waals surface area contributed by atoms with E-state index in [1.807, 2.05) is 0 Å². The summed E-state index contributed by atoms with van der Waals surface area (Å²) in [5.41, 5.74) is 0. The molecule has 0 atom stereocenters. The van der Waals surface area contributed by atoms with Crippen molar-refractivity contribution in [1.82, 2.24) is 9.97 Å². The Morgan fingerprint density at radius 3 is 1.47 bits per heavy atom. The van der Waals surface area contributed by atoms with E-state index in [0.29, 0.717) is 0 Å². The maximum absolute atomic E-state index is 12.5. The van der Waals surface area contributed by atoms with Gasteiger partial charge in [-0.3, -0.25) is 0 Å². The normalized spacial score (nSPS) is 12.4. The summed E-state index contributed by atoms with van der Waals surface area (Å²) in [6.07, 6.45) is -12.3. The van der Waals surface area contributed by atoms with Gasteiger partial charge in [0.15, 0.2) is 0 Å². The van der Waals surface area contributed by atoms with Gasteiger partial charge in [0.25, 0.3) is 0 Å². The Kier molecular flexibility index (Phi) is 3.29. The zero-order valence-corrected chi connectivity index (χ0v) is 7.43. The zero-order chi connectivity index (χ0) is 13.3. The number of aromatic nitrogens is 2. The SMILES string of the molecule is Fc1nc(OC(F)(F)F)cc(OC(F)(F)F)n1. The molecule has 0 N–H and O–H groups in total. The topological polar surface area (TPSA) is 44.2 Å². The fourth-order valence-corrected chi connectivity index (χ4v) is 0.719. The Morgan fingerprint density at radius 2 is 1.18 bits per heavy atom. The lowest BCUT2D eigenvalue weighted by Gasteiger charge is -2.10. The number of halogens is 7. The summed E-state index contributed by atoms with van der Waals surface area (Å²) in [6, 6.07) is 0.0457. The number of ether oxygens (including phenoxy) is 2. The van der Waals surface area contributed by atoms with Gasteiger partial charge >= 0.3 is 18.8 Å². The van der Waals surface area contributed by atoms with E-state index in [0.717, 1.165) is 0 Å². The lowest BCUT2D eigenvalue weighted by Crippen LogP contribution is -2.20. The van der Waals surface area contributed by atoms with E-state index in [2.05, 4.69) is 19.4 Å². The summed E-state index contributed by atoms with van der Waals surface area (Å²) in [6.45, 7) is 0. The second-order valence-corrected chi connectivity index (χ2v) is 2.41. The van der Waals surface area contributed by atoms with Crippen molar-refractivity contribution in [2.75, 3.05) is 0 Å². The van der Waals surface area contributed by atoms with Gasteiger partial charge in [0.2, 0.25) is 11.8 Å². The van der Waals surface area contributed by atoms with E-state index in [4.69, 9.17) is 0 Å². The largest absolute Gasteiger partial charge is 0.574 e. The highest BCUT2D eigenvalue weighted by Crippen LogP contribution is 2.26. The minimum absolute atomic E-state index is 0.0457. The van der Waals surface area contributed by atoms with Gasteiger partial charge in [-0.2, -0.15) is 14.4 Å². The number of hydrogen-bond acceptors (Lipinski definition) is 4. The van der Waals surface area contributed by atoms with Crippen LogP contribution in [0.25, 0.3) is 0 Å². The van der Waals surface area contributed by atoms with Crippen LogP contribution in [0.3, 0.4) is 0 Å². The van der Waals surface area contributed by atoms with Crippen LogP contribution in [-0.2, 0) is 0 Å². The third kappa shape index (κ3) is 5.17. The molecule has 0 saturated carbocycles. The Morgan fingerprint density at radius 1 is 0.824 bits per heavy atom. The standard InChI is InChI=1S/C6HF7N2O2/c7-4-14-2(16-5(8,9)10)1-3(15-4)17-6(11,12)13/h1H. The maximum Gasteiger partial charge on any atom is 0.574 e. The summed E-state index contributed by atoms with van der Waals surface area (Å²) < 4.78 is 88.7. The minimum atomic E-state index is -5.23. The summed E-state index contributed by atoms with van der Waals surface area (Å²) in [4.78, 5) is 4.96. The molecule has 4 nitrogen and oxygen atoms in total. The van der Waals surface area contributed by atoms with Crippen molar-refractivity contribution < 1.29 is 40.2 Å². The smallest absolute Gasteiger partial charge is 0.388 e. The molecule has 0 aliphatic carbocycles. The predicted molar refractivity (Wildman–Crippen MR) is 35.4 cm³/mol. The van der Waals surface area contributed by atoms with Crippen LogP contribution in [0.1, 0.15) is 0 Å². The van der Waals surface area contributed by atoms with Crippen LogP contribution in [0.4, 0.5) is 30.7 Å². The Labute approximate surface area is 88.0 Å². The van der Waals surface area contributed by atoms with Crippen molar-refractivity contribution in [3.05, 3.63) is 12.1 Å². The van der Waals surface area contributed by atoms with E-state index < -0.39 is 30.6 Å². The summed E-state index contributed by atoms with van der Waals surface area (Å²) in [5.74, 6) is -2.91. The van der Waals surface area contributed by atoms with Crippen molar-refractivity contribution in [3.63, 3.8) is 0 Å². The molecule has 0 radical (unpaired) electrons. The van der Waals surface area contributed by atoms with Gasteiger partial charge in [-0.15, -0.1) is 26.3 Å². The van der Waals surface area contributed by atoms with Crippen LogP contribution in [-0.4, -0.2) is 22.7 Å². The van der Waals surface area contributed by atoms with Gasteiger partial charge in [0.05, 0.1) is 6.07 Å². The Bertz CT molecular complexity index is 368. The van der Waals surface area contributed by atoms with E-state index in [9.17, 15) is 30.7 Å². The molecule has 0 amide bonds. The summed E-state index contributed by atoms with van der Waals surface area (Å²) >= 11 is 0. The average Bonchev–Trinajstić information content (AvgIpc) is 1.93. The fraction of sp³-hybridized carbons (Fsp3) is 0.333. The third-order valence-electron chi connectivity index (χ3n) is 1.09. The zero-order valence-electron chi connectivity index (χ0n) is 7.43. The molecule has 0 aromatic carbocycles.